The van der Waals surface area contributed by atoms with Gasteiger partial charge in [0.1, 0.15) is 0 Å². The van der Waals surface area contributed by atoms with Gasteiger partial charge in [0.25, 0.3) is 0 Å². The second-order valence-corrected chi connectivity index (χ2v) is 10.6. The van der Waals surface area contributed by atoms with Gasteiger partial charge in [0.15, 0.2) is 0 Å². The molecular formula is C14H33BrN2P2. The molecule has 0 unspecified atom stereocenters. The van der Waals surface area contributed by atoms with E-state index in [9.17, 15) is 0 Å². The van der Waals surface area contributed by atoms with E-state index in [2.05, 4.69) is 39.5 Å². The third-order valence-electron chi connectivity index (χ3n) is 3.19. The number of hydrogen-bond donors (Lipinski definition) is 0. The molecule has 0 aromatic rings. The highest BCUT2D eigenvalue weighted by molar-refractivity contribution is 7.67. The Labute approximate surface area is 133 Å². The first-order chi connectivity index (χ1) is 8.60. The van der Waals surface area contributed by atoms with Crippen LogP contribution >= 0.6 is 15.6 Å². The van der Waals surface area contributed by atoms with Crippen molar-refractivity contribution >= 4 is 15.6 Å². The number of unbranched alkanes of at least 4 members (excludes halogenated alkanes) is 3. The fourth-order valence-corrected chi connectivity index (χ4v) is 7.77. The zero-order chi connectivity index (χ0) is 13.9. The highest BCUT2D eigenvalue weighted by Gasteiger charge is 2.28. The maximum absolute atomic E-state index is 5.18. The minimum absolute atomic E-state index is 0. The van der Waals surface area contributed by atoms with Crippen LogP contribution in [0.2, 0.25) is 0 Å². The minimum atomic E-state index is -1.03. The molecule has 0 fully saturated rings. The summed E-state index contributed by atoms with van der Waals surface area (Å²) in [5, 5.41) is 0. The van der Waals surface area contributed by atoms with Crippen LogP contribution in [0.25, 0.3) is 0 Å². The Morgan fingerprint density at radius 1 is 0.842 bits per heavy atom. The van der Waals surface area contributed by atoms with Gasteiger partial charge in [0.2, 0.25) is 7.05 Å². The van der Waals surface area contributed by atoms with Gasteiger partial charge in [-0.25, -0.2) is 0 Å². The largest absolute Gasteiger partial charge is 1.00 e. The lowest BCUT2D eigenvalue weighted by Gasteiger charge is -2.12. The Balaban J connectivity index is 0. The predicted molar refractivity (Wildman–Crippen MR) is 89.0 cm³/mol. The van der Waals surface area contributed by atoms with Crippen LogP contribution in [-0.2, 0) is 0 Å². The second-order valence-electron chi connectivity index (χ2n) is 5.35. The topological polar surface area (TPSA) is 17.3 Å². The van der Waals surface area contributed by atoms with E-state index < -0.39 is 7.05 Å². The molecule has 0 bridgehead atoms. The van der Waals surface area contributed by atoms with Gasteiger partial charge in [-0.3, -0.25) is 0 Å². The van der Waals surface area contributed by atoms with Crippen molar-refractivity contribution in [3.8, 4) is 0 Å². The first-order valence-corrected chi connectivity index (χ1v) is 10.7. The molecule has 0 aromatic heterocycles. The van der Waals surface area contributed by atoms with E-state index >= 15 is 0 Å². The van der Waals surface area contributed by atoms with Crippen molar-refractivity contribution in [2.24, 2.45) is 0 Å². The van der Waals surface area contributed by atoms with Crippen LogP contribution in [0.3, 0.4) is 0 Å². The third-order valence-corrected chi connectivity index (χ3v) is 8.83. The van der Waals surface area contributed by atoms with Crippen LogP contribution < -0.4 is 21.2 Å². The normalized spacial score (nSPS) is 11.5. The molecule has 0 rings (SSSR count). The van der Waals surface area contributed by atoms with Crippen LogP contribution in [0.5, 0.6) is 0 Å². The van der Waals surface area contributed by atoms with Crippen LogP contribution in [0.15, 0.2) is 0 Å². The quantitative estimate of drug-likeness (QED) is 0.426. The molecule has 0 heterocycles. The fourth-order valence-electron chi connectivity index (χ4n) is 1.99. The Hall–Kier alpha value is 0.880. The summed E-state index contributed by atoms with van der Waals surface area (Å²) in [6.07, 6.45) is 12.2. The van der Waals surface area contributed by atoms with E-state index in [-0.39, 0.29) is 17.0 Å². The minimum Gasteiger partial charge on any atom is -1.00 e. The summed E-state index contributed by atoms with van der Waals surface area (Å²) >= 11 is 0. The molecule has 0 atom stereocenters. The van der Waals surface area contributed by atoms with Crippen molar-refractivity contribution in [3.63, 3.8) is 0 Å². The molecule has 0 aliphatic heterocycles. The Kier molecular flexibility index (Phi) is 16.2. The summed E-state index contributed by atoms with van der Waals surface area (Å²) in [4.78, 5) is 0. The summed E-state index contributed by atoms with van der Waals surface area (Å²) in [6, 6.07) is 0. The lowest BCUT2D eigenvalue weighted by molar-refractivity contribution is -0.00000431. The number of halogens is 1. The first-order valence-electron chi connectivity index (χ1n) is 7.56. The number of nitrogens with zero attached hydrogens (tertiary/aromatic N) is 2. The van der Waals surface area contributed by atoms with Gasteiger partial charge < -0.3 is 17.0 Å². The van der Waals surface area contributed by atoms with Gasteiger partial charge in [0.05, 0.1) is 0 Å². The van der Waals surface area contributed by atoms with Crippen LogP contribution in [0.1, 0.15) is 59.3 Å². The van der Waals surface area contributed by atoms with E-state index in [1.54, 1.807) is 0 Å². The summed E-state index contributed by atoms with van der Waals surface area (Å²) < 4.78 is 7.37. The van der Waals surface area contributed by atoms with Crippen molar-refractivity contribution in [2.75, 3.05) is 32.6 Å². The van der Waals surface area contributed by atoms with Crippen molar-refractivity contribution in [3.05, 3.63) is 0 Å². The molecule has 0 aliphatic rings. The smallest absolute Gasteiger partial charge is 0.450 e. The zero-order valence-electron chi connectivity index (χ0n) is 13.5. The lowest BCUT2D eigenvalue weighted by atomic mass is 10.4. The van der Waals surface area contributed by atoms with Gasteiger partial charge in [-0.15, -0.1) is 4.17 Å². The molecule has 0 aliphatic carbocycles. The predicted octanol–water partition coefficient (Wildman–Crippen LogP) is 2.27. The maximum atomic E-state index is 5.18. The molecule has 0 radical (unpaired) electrons. The van der Waals surface area contributed by atoms with E-state index in [0.29, 0.717) is 0 Å². The summed E-state index contributed by atoms with van der Waals surface area (Å²) in [6.45, 7) is 6.91. The third kappa shape index (κ3) is 11.2. The molecule has 5 heteroatoms. The standard InChI is InChI=1S/C14H33N2P2.BrH/c1-6-9-12-18(13-10-7-2,14-11-8-3)15-17-16(4)5;/h6-14H2,1-5H3;1H/q+1;/p-1. The molecule has 19 heavy (non-hydrogen) atoms. The molecule has 0 saturated carbocycles. The first kappa shape index (κ1) is 22.2. The van der Waals surface area contributed by atoms with E-state index in [0.717, 1.165) is 0 Å². The summed E-state index contributed by atoms with van der Waals surface area (Å²) in [5.74, 6) is 0. The van der Waals surface area contributed by atoms with Gasteiger partial charge in [-0.2, -0.15) is 4.67 Å². The monoisotopic (exact) mass is 370 g/mol. The van der Waals surface area contributed by atoms with E-state index in [4.69, 9.17) is 4.17 Å². The highest BCUT2D eigenvalue weighted by atomic mass is 79.9. The van der Waals surface area contributed by atoms with Crippen LogP contribution in [-0.4, -0.2) is 37.3 Å². The molecule has 0 amide bonds. The van der Waals surface area contributed by atoms with Gasteiger partial charge >= 0.3 is 8.52 Å². The number of hydrogen-bond acceptors (Lipinski definition) is 0. The van der Waals surface area contributed by atoms with Gasteiger partial charge in [-0.1, -0.05) is 40.0 Å². The van der Waals surface area contributed by atoms with E-state index in [1.165, 1.54) is 65.5 Å². The van der Waals surface area contributed by atoms with Crippen LogP contribution in [0, 0.1) is 0 Å². The summed E-state index contributed by atoms with van der Waals surface area (Å²) in [7, 11) is 4.41. The van der Waals surface area contributed by atoms with Crippen LogP contribution in [0.4, 0.5) is 0 Å². The fraction of sp³-hybridized carbons (Fsp3) is 1.00. The Morgan fingerprint density at radius 2 is 1.21 bits per heavy atom. The molecule has 0 aromatic carbocycles. The summed E-state index contributed by atoms with van der Waals surface area (Å²) in [5.41, 5.74) is 0. The van der Waals surface area contributed by atoms with Crippen molar-refractivity contribution < 1.29 is 17.0 Å². The lowest BCUT2D eigenvalue weighted by Crippen LogP contribution is -3.00. The molecule has 2 nitrogen and oxygen atoms in total. The van der Waals surface area contributed by atoms with Crippen molar-refractivity contribution in [2.45, 2.75) is 59.3 Å². The SMILES string of the molecule is CCCCP(CCCC)(CCCC)=[N+]=PN(C)C.[Br-]. The zero-order valence-corrected chi connectivity index (χ0v) is 16.9. The van der Waals surface area contributed by atoms with E-state index in [1.807, 2.05) is 0 Å². The highest BCUT2D eigenvalue weighted by Crippen LogP contribution is 2.48. The Morgan fingerprint density at radius 3 is 1.47 bits per heavy atom. The molecule has 116 valence electrons. The second kappa shape index (κ2) is 13.8. The average molecular weight is 371 g/mol. The number of rotatable bonds is 10. The maximum Gasteiger partial charge on any atom is 0.450 e. The molecular weight excluding hydrogens is 338 g/mol. The van der Waals surface area contributed by atoms with Gasteiger partial charge in [-0.05, 0) is 19.3 Å². The molecule has 0 N–H and O–H groups in total. The Bertz CT molecular complexity index is 259. The average Bonchev–Trinajstić information content (AvgIpc) is 2.37. The molecule has 0 saturated heterocycles. The molecule has 0 spiro atoms. The van der Waals surface area contributed by atoms with Crippen molar-refractivity contribution in [1.29, 1.82) is 0 Å². The van der Waals surface area contributed by atoms with Gasteiger partial charge in [0, 0.05) is 32.6 Å². The van der Waals surface area contributed by atoms with Crippen molar-refractivity contribution in [1.82, 2.24) is 8.84 Å².